The fourth-order valence-electron chi connectivity index (χ4n) is 2.04. The third-order valence-electron chi connectivity index (χ3n) is 3.36. The van der Waals surface area contributed by atoms with Crippen LogP contribution in [0, 0.1) is 6.92 Å². The molecule has 0 saturated heterocycles. The molecule has 0 aliphatic rings. The van der Waals surface area contributed by atoms with Crippen LogP contribution in [0.5, 0.6) is 0 Å². The molecule has 0 spiro atoms. The van der Waals surface area contributed by atoms with Crippen LogP contribution in [0.4, 0.5) is 5.69 Å². The average molecular weight is 409 g/mol. The standard InChI is InChI=1S/C16H17BrN4O4/c1-10-2-3-11(17)8-12(10)19-13(22)4-6-18-15(24)9-21-7-5-14(23)20-16(21)25/h2-3,5,7-8H,4,6,9H2,1H3,(H,18,24)(H,19,22)(H,20,23,25). The molecule has 2 aromatic rings. The molecule has 0 radical (unpaired) electrons. The molecule has 9 heteroatoms. The van der Waals surface area contributed by atoms with Crippen molar-refractivity contribution >= 4 is 33.4 Å². The first kappa shape index (κ1) is 18.7. The SMILES string of the molecule is Cc1ccc(Br)cc1NC(=O)CCNC(=O)Cn1ccc(=O)[nH]c1=O. The van der Waals surface area contributed by atoms with Gasteiger partial charge in [0.1, 0.15) is 6.54 Å². The minimum Gasteiger partial charge on any atom is -0.354 e. The molecule has 25 heavy (non-hydrogen) atoms. The van der Waals surface area contributed by atoms with Crippen LogP contribution in [-0.4, -0.2) is 27.9 Å². The van der Waals surface area contributed by atoms with Crippen molar-refractivity contribution in [3.05, 3.63) is 61.3 Å². The lowest BCUT2D eigenvalue weighted by molar-refractivity contribution is -0.121. The molecule has 1 heterocycles. The van der Waals surface area contributed by atoms with Crippen LogP contribution in [-0.2, 0) is 16.1 Å². The molecule has 0 saturated carbocycles. The van der Waals surface area contributed by atoms with E-state index < -0.39 is 17.2 Å². The zero-order chi connectivity index (χ0) is 18.4. The summed E-state index contributed by atoms with van der Waals surface area (Å²) in [6.07, 6.45) is 1.34. The topological polar surface area (TPSA) is 113 Å². The summed E-state index contributed by atoms with van der Waals surface area (Å²) in [6.45, 7) is 1.78. The number of carbonyl (C=O) groups is 2. The number of aromatic nitrogens is 2. The Balaban J connectivity index is 1.80. The maximum Gasteiger partial charge on any atom is 0.328 e. The van der Waals surface area contributed by atoms with Gasteiger partial charge in [-0.3, -0.25) is 23.9 Å². The first-order valence-corrected chi connectivity index (χ1v) is 8.27. The third-order valence-corrected chi connectivity index (χ3v) is 3.85. The number of nitrogens with zero attached hydrogens (tertiary/aromatic N) is 1. The number of amides is 2. The Morgan fingerprint density at radius 2 is 1.96 bits per heavy atom. The molecule has 0 aliphatic heterocycles. The van der Waals surface area contributed by atoms with E-state index in [1.54, 1.807) is 6.07 Å². The molecular formula is C16H17BrN4O4. The zero-order valence-corrected chi connectivity index (χ0v) is 15.1. The third kappa shape index (κ3) is 5.71. The number of hydrogen-bond donors (Lipinski definition) is 3. The molecule has 0 atom stereocenters. The van der Waals surface area contributed by atoms with Gasteiger partial charge in [0.2, 0.25) is 11.8 Å². The molecule has 0 unspecified atom stereocenters. The van der Waals surface area contributed by atoms with E-state index in [9.17, 15) is 19.2 Å². The normalized spacial score (nSPS) is 10.3. The lowest BCUT2D eigenvalue weighted by atomic mass is 10.2. The predicted molar refractivity (Wildman–Crippen MR) is 96.5 cm³/mol. The number of rotatable bonds is 6. The Morgan fingerprint density at radius 1 is 1.20 bits per heavy atom. The van der Waals surface area contributed by atoms with Crippen LogP contribution in [0.3, 0.4) is 0 Å². The van der Waals surface area contributed by atoms with E-state index >= 15 is 0 Å². The van der Waals surface area contributed by atoms with Gasteiger partial charge in [-0.2, -0.15) is 0 Å². The number of halogens is 1. The maximum atomic E-state index is 11.9. The maximum absolute atomic E-state index is 11.9. The number of carbonyl (C=O) groups excluding carboxylic acids is 2. The van der Waals surface area contributed by atoms with Gasteiger partial charge >= 0.3 is 5.69 Å². The van der Waals surface area contributed by atoms with Crippen molar-refractivity contribution in [2.75, 3.05) is 11.9 Å². The second-order valence-electron chi connectivity index (χ2n) is 5.35. The summed E-state index contributed by atoms with van der Waals surface area (Å²) >= 11 is 3.34. The van der Waals surface area contributed by atoms with Crippen molar-refractivity contribution < 1.29 is 9.59 Å². The highest BCUT2D eigenvalue weighted by molar-refractivity contribution is 9.10. The predicted octanol–water partition coefficient (Wildman–Crippen LogP) is 0.753. The summed E-state index contributed by atoms with van der Waals surface area (Å²) in [4.78, 5) is 48.2. The summed E-state index contributed by atoms with van der Waals surface area (Å²) in [5, 5.41) is 5.33. The summed E-state index contributed by atoms with van der Waals surface area (Å²) < 4.78 is 1.93. The van der Waals surface area contributed by atoms with Crippen LogP contribution >= 0.6 is 15.9 Å². The van der Waals surface area contributed by atoms with Gasteiger partial charge in [0, 0.05) is 35.4 Å². The highest BCUT2D eigenvalue weighted by Crippen LogP contribution is 2.20. The van der Waals surface area contributed by atoms with E-state index in [-0.39, 0.29) is 25.4 Å². The van der Waals surface area contributed by atoms with Gasteiger partial charge in [0.05, 0.1) is 0 Å². The summed E-state index contributed by atoms with van der Waals surface area (Å²) in [5.41, 5.74) is 0.440. The first-order chi connectivity index (χ1) is 11.8. The highest BCUT2D eigenvalue weighted by Gasteiger charge is 2.08. The number of anilines is 1. The summed E-state index contributed by atoms with van der Waals surface area (Å²) in [6, 6.07) is 6.71. The van der Waals surface area contributed by atoms with Crippen molar-refractivity contribution in [3.63, 3.8) is 0 Å². The van der Waals surface area contributed by atoms with Gasteiger partial charge in [-0.05, 0) is 24.6 Å². The fourth-order valence-corrected chi connectivity index (χ4v) is 2.40. The van der Waals surface area contributed by atoms with Gasteiger partial charge in [0.15, 0.2) is 0 Å². The van der Waals surface area contributed by atoms with E-state index in [1.807, 2.05) is 19.1 Å². The fraction of sp³-hybridized carbons (Fsp3) is 0.250. The van der Waals surface area contributed by atoms with E-state index in [1.165, 1.54) is 6.20 Å². The van der Waals surface area contributed by atoms with Crippen LogP contribution in [0.15, 0.2) is 44.5 Å². The van der Waals surface area contributed by atoms with E-state index in [0.717, 1.165) is 20.7 Å². The Kier molecular flexibility index (Phi) is 6.29. The molecule has 0 fully saturated rings. The summed E-state index contributed by atoms with van der Waals surface area (Å²) in [7, 11) is 0. The lowest BCUT2D eigenvalue weighted by Crippen LogP contribution is -2.36. The summed E-state index contributed by atoms with van der Waals surface area (Å²) in [5.74, 6) is -0.664. The van der Waals surface area contributed by atoms with E-state index in [4.69, 9.17) is 0 Å². The zero-order valence-electron chi connectivity index (χ0n) is 13.5. The Hall–Kier alpha value is -2.68. The van der Waals surface area contributed by atoms with Gasteiger partial charge in [0.25, 0.3) is 5.56 Å². The molecule has 0 aliphatic carbocycles. The second-order valence-corrected chi connectivity index (χ2v) is 6.26. The van der Waals surface area contributed by atoms with Gasteiger partial charge in [-0.15, -0.1) is 0 Å². The second kappa shape index (κ2) is 8.43. The molecule has 2 rings (SSSR count). The first-order valence-electron chi connectivity index (χ1n) is 7.47. The molecular weight excluding hydrogens is 392 g/mol. The smallest absolute Gasteiger partial charge is 0.328 e. The van der Waals surface area contributed by atoms with Crippen LogP contribution < -0.4 is 21.9 Å². The monoisotopic (exact) mass is 408 g/mol. The van der Waals surface area contributed by atoms with E-state index in [2.05, 4.69) is 31.5 Å². The number of aryl methyl sites for hydroxylation is 1. The quantitative estimate of drug-likeness (QED) is 0.654. The van der Waals surface area contributed by atoms with Crippen LogP contribution in [0.2, 0.25) is 0 Å². The molecule has 1 aromatic carbocycles. The minimum absolute atomic E-state index is 0.0955. The van der Waals surface area contributed by atoms with Crippen LogP contribution in [0.1, 0.15) is 12.0 Å². The number of aromatic amines is 1. The van der Waals surface area contributed by atoms with Crippen molar-refractivity contribution in [2.45, 2.75) is 19.9 Å². The molecule has 2 amide bonds. The molecule has 8 nitrogen and oxygen atoms in total. The van der Waals surface area contributed by atoms with Gasteiger partial charge in [-0.1, -0.05) is 22.0 Å². The van der Waals surface area contributed by atoms with Crippen molar-refractivity contribution in [1.29, 1.82) is 0 Å². The number of H-pyrrole nitrogens is 1. The van der Waals surface area contributed by atoms with E-state index in [0.29, 0.717) is 5.69 Å². The average Bonchev–Trinajstić information content (AvgIpc) is 2.53. The van der Waals surface area contributed by atoms with Crippen LogP contribution in [0.25, 0.3) is 0 Å². The largest absolute Gasteiger partial charge is 0.354 e. The highest BCUT2D eigenvalue weighted by atomic mass is 79.9. The van der Waals surface area contributed by atoms with Crippen molar-refractivity contribution in [2.24, 2.45) is 0 Å². The van der Waals surface area contributed by atoms with Gasteiger partial charge < -0.3 is 10.6 Å². The Labute approximate surface area is 151 Å². The minimum atomic E-state index is -0.662. The number of hydrogen-bond acceptors (Lipinski definition) is 4. The van der Waals surface area contributed by atoms with Crippen molar-refractivity contribution in [3.8, 4) is 0 Å². The molecule has 132 valence electrons. The molecule has 0 bridgehead atoms. The molecule has 1 aromatic heterocycles. The van der Waals surface area contributed by atoms with Crippen molar-refractivity contribution in [1.82, 2.24) is 14.9 Å². The Morgan fingerprint density at radius 3 is 2.68 bits per heavy atom. The molecule has 3 N–H and O–H groups in total. The lowest BCUT2D eigenvalue weighted by Gasteiger charge is -2.10. The Bertz CT molecular complexity index is 903. The van der Waals surface area contributed by atoms with Gasteiger partial charge in [-0.25, -0.2) is 4.79 Å². The number of benzene rings is 1. The number of nitrogens with one attached hydrogen (secondary N) is 3.